The zero-order chi connectivity index (χ0) is 21.6. The van der Waals surface area contributed by atoms with Gasteiger partial charge in [0.15, 0.2) is 5.92 Å². The van der Waals surface area contributed by atoms with Crippen molar-refractivity contribution >= 4 is 34.7 Å². The molecule has 0 unspecified atom stereocenters. The summed E-state index contributed by atoms with van der Waals surface area (Å²) in [5.74, 6) is -5.60. The summed E-state index contributed by atoms with van der Waals surface area (Å²) in [4.78, 5) is 53.7. The maximum atomic E-state index is 12.9. The lowest BCUT2D eigenvalue weighted by atomic mass is 9.87. The summed E-state index contributed by atoms with van der Waals surface area (Å²) in [6.07, 6.45) is 1.47. The Kier molecular flexibility index (Phi) is 7.24. The van der Waals surface area contributed by atoms with Crippen LogP contribution in [-0.2, 0) is 28.6 Å². The number of nitrogens with one attached hydrogen (secondary N) is 1. The molecular weight excluding hydrogens is 380 g/mol. The molecular formula is C20H22N2O7. The normalized spacial score (nSPS) is 12.7. The smallest absolute Gasteiger partial charge is 0.328 e. The second-order valence-corrected chi connectivity index (χ2v) is 6.23. The Morgan fingerprint density at radius 1 is 0.897 bits per heavy atom. The third-order valence-corrected chi connectivity index (χ3v) is 4.60. The van der Waals surface area contributed by atoms with Crippen LogP contribution in [0.1, 0.15) is 17.3 Å². The number of hydrogen-bond acceptors (Lipinski definition) is 8. The van der Waals surface area contributed by atoms with Crippen molar-refractivity contribution in [3.05, 3.63) is 42.1 Å². The van der Waals surface area contributed by atoms with E-state index in [4.69, 9.17) is 4.74 Å². The van der Waals surface area contributed by atoms with Gasteiger partial charge in [0, 0.05) is 17.5 Å². The van der Waals surface area contributed by atoms with Gasteiger partial charge < -0.3 is 19.5 Å². The van der Waals surface area contributed by atoms with E-state index >= 15 is 0 Å². The topological polar surface area (TPSA) is 121 Å². The molecule has 1 N–H and O–H groups in total. The lowest BCUT2D eigenvalue weighted by molar-refractivity contribution is -0.162. The molecule has 2 aromatic rings. The first kappa shape index (κ1) is 21.8. The predicted molar refractivity (Wildman–Crippen MR) is 102 cm³/mol. The van der Waals surface area contributed by atoms with Crippen molar-refractivity contribution in [3.63, 3.8) is 0 Å². The minimum atomic E-state index is -1.43. The molecule has 0 aliphatic heterocycles. The van der Waals surface area contributed by atoms with Gasteiger partial charge in [-0.25, -0.2) is 4.79 Å². The molecule has 29 heavy (non-hydrogen) atoms. The molecule has 0 saturated heterocycles. The second-order valence-electron chi connectivity index (χ2n) is 6.23. The molecule has 2 rings (SSSR count). The van der Waals surface area contributed by atoms with E-state index < -0.39 is 41.7 Å². The molecule has 9 heteroatoms. The fraction of sp³-hybridized carbons (Fsp3) is 0.350. The summed E-state index contributed by atoms with van der Waals surface area (Å²) in [5.41, 5.74) is 0.884. The molecule has 1 aromatic carbocycles. The molecule has 0 saturated carbocycles. The highest BCUT2D eigenvalue weighted by Crippen LogP contribution is 2.22. The van der Waals surface area contributed by atoms with E-state index in [9.17, 15) is 19.2 Å². The highest BCUT2D eigenvalue weighted by atomic mass is 16.5. The van der Waals surface area contributed by atoms with Crippen LogP contribution in [0.3, 0.4) is 0 Å². The number of amides is 1. The van der Waals surface area contributed by atoms with Gasteiger partial charge in [0.05, 0.1) is 32.4 Å². The van der Waals surface area contributed by atoms with Gasteiger partial charge in [0.2, 0.25) is 0 Å². The van der Waals surface area contributed by atoms with Crippen LogP contribution in [0, 0.1) is 11.8 Å². The Hall–Kier alpha value is -3.49. The largest absolute Gasteiger partial charge is 0.468 e. The van der Waals surface area contributed by atoms with Gasteiger partial charge in [-0.05, 0) is 12.1 Å². The Balaban J connectivity index is 2.39. The van der Waals surface area contributed by atoms with Gasteiger partial charge in [-0.3, -0.25) is 19.4 Å². The Morgan fingerprint density at radius 2 is 1.48 bits per heavy atom. The molecule has 1 aromatic heterocycles. The molecule has 0 fully saturated rings. The third kappa shape index (κ3) is 4.68. The molecule has 9 nitrogen and oxygen atoms in total. The van der Waals surface area contributed by atoms with E-state index in [1.54, 1.807) is 24.3 Å². The Morgan fingerprint density at radius 3 is 2.07 bits per heavy atom. The summed E-state index contributed by atoms with van der Waals surface area (Å²) in [6, 6.07) is 7.22. The molecule has 1 amide bonds. The van der Waals surface area contributed by atoms with Crippen molar-refractivity contribution in [1.82, 2.24) is 10.3 Å². The average Bonchev–Trinajstić information content (AvgIpc) is 2.75. The molecule has 0 radical (unpaired) electrons. The number of aromatic nitrogens is 1. The van der Waals surface area contributed by atoms with E-state index in [0.717, 1.165) is 21.3 Å². The van der Waals surface area contributed by atoms with E-state index in [2.05, 4.69) is 19.8 Å². The van der Waals surface area contributed by atoms with Crippen molar-refractivity contribution in [2.75, 3.05) is 21.3 Å². The summed E-state index contributed by atoms with van der Waals surface area (Å²) in [7, 11) is 3.36. The Labute approximate surface area is 167 Å². The number of esters is 3. The standard InChI is InChI=1S/C20H22N2O7/c1-11(15(18(24)27-2)19(25)28-3)16(20(26)29-4)22-17(23)13-9-10-21-14-8-6-5-7-12(13)14/h5-11,15-16H,1-4H3,(H,22,23)/t11-,16+/m1/s1. The number of pyridine rings is 1. The van der Waals surface area contributed by atoms with E-state index in [0.29, 0.717) is 10.9 Å². The quantitative estimate of drug-likeness (QED) is 0.415. The predicted octanol–water partition coefficient (Wildman–Crippen LogP) is 1.10. The zero-order valence-electron chi connectivity index (χ0n) is 16.5. The summed E-state index contributed by atoms with van der Waals surface area (Å²) in [6.45, 7) is 1.45. The SMILES string of the molecule is COC(=O)C(C(=O)OC)[C@@H](C)[C@H](NC(=O)c1ccnc2ccccc12)C(=O)OC. The number of nitrogens with zero attached hydrogens (tertiary/aromatic N) is 1. The van der Waals surface area contributed by atoms with Crippen molar-refractivity contribution in [2.45, 2.75) is 13.0 Å². The monoisotopic (exact) mass is 402 g/mol. The van der Waals surface area contributed by atoms with Crippen LogP contribution in [0.2, 0.25) is 0 Å². The number of ether oxygens (including phenoxy) is 3. The van der Waals surface area contributed by atoms with Crippen LogP contribution in [0.4, 0.5) is 0 Å². The van der Waals surface area contributed by atoms with Crippen molar-refractivity contribution < 1.29 is 33.4 Å². The highest BCUT2D eigenvalue weighted by Gasteiger charge is 2.42. The van der Waals surface area contributed by atoms with Crippen molar-refractivity contribution in [1.29, 1.82) is 0 Å². The van der Waals surface area contributed by atoms with Gasteiger partial charge in [-0.1, -0.05) is 25.1 Å². The first-order valence-electron chi connectivity index (χ1n) is 8.73. The molecule has 0 bridgehead atoms. The number of hydrogen-bond donors (Lipinski definition) is 1. The molecule has 154 valence electrons. The van der Waals surface area contributed by atoms with Gasteiger partial charge in [0.25, 0.3) is 5.91 Å². The van der Waals surface area contributed by atoms with Gasteiger partial charge >= 0.3 is 17.9 Å². The van der Waals surface area contributed by atoms with Gasteiger partial charge in [-0.15, -0.1) is 0 Å². The van der Waals surface area contributed by atoms with Gasteiger partial charge in [-0.2, -0.15) is 0 Å². The van der Waals surface area contributed by atoms with Crippen molar-refractivity contribution in [2.24, 2.45) is 11.8 Å². The highest BCUT2D eigenvalue weighted by molar-refractivity contribution is 6.07. The fourth-order valence-electron chi connectivity index (χ4n) is 3.02. The van der Waals surface area contributed by atoms with E-state index in [-0.39, 0.29) is 5.56 Å². The number of para-hydroxylation sites is 1. The number of rotatable bonds is 7. The lowest BCUT2D eigenvalue weighted by Gasteiger charge is -2.27. The second kappa shape index (κ2) is 9.63. The zero-order valence-corrected chi connectivity index (χ0v) is 16.5. The average molecular weight is 402 g/mol. The first-order valence-corrected chi connectivity index (χ1v) is 8.73. The molecule has 0 spiro atoms. The Bertz CT molecular complexity index is 907. The first-order chi connectivity index (χ1) is 13.8. The summed E-state index contributed by atoms with van der Waals surface area (Å²) >= 11 is 0. The number of fused-ring (bicyclic) bond motifs is 1. The number of methoxy groups -OCH3 is 3. The minimum absolute atomic E-state index is 0.282. The lowest BCUT2D eigenvalue weighted by Crippen LogP contribution is -2.51. The minimum Gasteiger partial charge on any atom is -0.468 e. The molecule has 0 aliphatic rings. The van der Waals surface area contributed by atoms with E-state index in [1.165, 1.54) is 19.2 Å². The van der Waals surface area contributed by atoms with Crippen LogP contribution in [0.15, 0.2) is 36.5 Å². The summed E-state index contributed by atoms with van der Waals surface area (Å²) in [5, 5.41) is 3.14. The van der Waals surface area contributed by atoms with Crippen molar-refractivity contribution in [3.8, 4) is 0 Å². The van der Waals surface area contributed by atoms with Crippen LogP contribution >= 0.6 is 0 Å². The maximum absolute atomic E-state index is 12.9. The summed E-state index contributed by atoms with van der Waals surface area (Å²) < 4.78 is 14.1. The molecule has 0 aliphatic carbocycles. The van der Waals surface area contributed by atoms with Crippen LogP contribution < -0.4 is 5.32 Å². The van der Waals surface area contributed by atoms with Crippen LogP contribution in [-0.4, -0.2) is 56.2 Å². The van der Waals surface area contributed by atoms with Crippen LogP contribution in [0.5, 0.6) is 0 Å². The van der Waals surface area contributed by atoms with Gasteiger partial charge in [0.1, 0.15) is 6.04 Å². The van der Waals surface area contributed by atoms with E-state index in [1.807, 2.05) is 0 Å². The third-order valence-electron chi connectivity index (χ3n) is 4.60. The molecule has 2 atom stereocenters. The number of benzene rings is 1. The van der Waals surface area contributed by atoms with Crippen LogP contribution in [0.25, 0.3) is 10.9 Å². The number of carbonyl (C=O) groups is 4. The molecule has 1 heterocycles. The number of carbonyl (C=O) groups excluding carboxylic acids is 4. The maximum Gasteiger partial charge on any atom is 0.328 e. The fourth-order valence-corrected chi connectivity index (χ4v) is 3.02.